The molecule has 20 heavy (non-hydrogen) atoms. The first-order chi connectivity index (χ1) is 9.67. The molecule has 2 N–H and O–H groups in total. The number of rotatable bonds is 5. The van der Waals surface area contributed by atoms with Crippen molar-refractivity contribution in [1.82, 2.24) is 10.3 Å². The van der Waals surface area contributed by atoms with Crippen LogP contribution in [0.15, 0.2) is 30.5 Å². The molecule has 1 amide bonds. The summed E-state index contributed by atoms with van der Waals surface area (Å²) < 4.78 is 5.02. The van der Waals surface area contributed by atoms with Crippen molar-refractivity contribution in [2.75, 3.05) is 26.1 Å². The summed E-state index contributed by atoms with van der Waals surface area (Å²) in [6.07, 6.45) is 1.60. The first-order valence-electron chi connectivity index (χ1n) is 6.52. The fourth-order valence-electron chi connectivity index (χ4n) is 2.17. The molecule has 1 unspecified atom stereocenters. The molecule has 5 nitrogen and oxygen atoms in total. The van der Waals surface area contributed by atoms with E-state index in [0.717, 1.165) is 16.6 Å². The van der Waals surface area contributed by atoms with E-state index >= 15 is 0 Å². The second kappa shape index (κ2) is 6.34. The second-order valence-electron chi connectivity index (χ2n) is 4.65. The van der Waals surface area contributed by atoms with Crippen LogP contribution in [0.2, 0.25) is 0 Å². The van der Waals surface area contributed by atoms with Gasteiger partial charge in [0.1, 0.15) is 5.82 Å². The zero-order valence-corrected chi connectivity index (χ0v) is 11.9. The molecule has 106 valence electrons. The maximum atomic E-state index is 12.3. The molecular weight excluding hydrogens is 254 g/mol. The van der Waals surface area contributed by atoms with Gasteiger partial charge in [-0.1, -0.05) is 24.3 Å². The minimum Gasteiger partial charge on any atom is -0.383 e. The van der Waals surface area contributed by atoms with Crippen molar-refractivity contribution in [3.63, 3.8) is 0 Å². The SMILES string of the molecule is CNc1ncc(C(=O)NC(C)COC)c2ccccc12. The number of carbonyl (C=O) groups excluding carboxylic acids is 1. The average molecular weight is 273 g/mol. The molecule has 0 saturated heterocycles. The molecule has 0 aliphatic rings. The van der Waals surface area contributed by atoms with Crippen LogP contribution in [0, 0.1) is 0 Å². The fourth-order valence-corrected chi connectivity index (χ4v) is 2.17. The number of methoxy groups -OCH3 is 1. The van der Waals surface area contributed by atoms with E-state index in [4.69, 9.17) is 4.74 Å². The highest BCUT2D eigenvalue weighted by Crippen LogP contribution is 2.24. The van der Waals surface area contributed by atoms with E-state index in [1.54, 1.807) is 13.3 Å². The van der Waals surface area contributed by atoms with Gasteiger partial charge in [-0.3, -0.25) is 4.79 Å². The van der Waals surface area contributed by atoms with Crippen LogP contribution in [0.4, 0.5) is 5.82 Å². The Morgan fingerprint density at radius 3 is 2.70 bits per heavy atom. The summed E-state index contributed by atoms with van der Waals surface area (Å²) in [6, 6.07) is 7.67. The summed E-state index contributed by atoms with van der Waals surface area (Å²) in [5.41, 5.74) is 0.572. The maximum absolute atomic E-state index is 12.3. The highest BCUT2D eigenvalue weighted by atomic mass is 16.5. The van der Waals surface area contributed by atoms with Gasteiger partial charge in [0, 0.05) is 31.8 Å². The van der Waals surface area contributed by atoms with E-state index in [0.29, 0.717) is 12.2 Å². The van der Waals surface area contributed by atoms with E-state index in [9.17, 15) is 4.79 Å². The average Bonchev–Trinajstić information content (AvgIpc) is 2.46. The molecule has 0 radical (unpaired) electrons. The van der Waals surface area contributed by atoms with Crippen molar-refractivity contribution in [2.24, 2.45) is 0 Å². The van der Waals surface area contributed by atoms with Crippen LogP contribution >= 0.6 is 0 Å². The first-order valence-corrected chi connectivity index (χ1v) is 6.52. The lowest BCUT2D eigenvalue weighted by Gasteiger charge is -2.14. The molecule has 0 saturated carbocycles. The third-order valence-corrected chi connectivity index (χ3v) is 3.07. The Morgan fingerprint density at radius 2 is 2.05 bits per heavy atom. The second-order valence-corrected chi connectivity index (χ2v) is 4.65. The Kier molecular flexibility index (Phi) is 4.53. The molecule has 0 aliphatic heterocycles. The number of fused-ring (bicyclic) bond motifs is 1. The van der Waals surface area contributed by atoms with Gasteiger partial charge in [0.15, 0.2) is 0 Å². The highest BCUT2D eigenvalue weighted by Gasteiger charge is 2.14. The van der Waals surface area contributed by atoms with Crippen LogP contribution in [0.25, 0.3) is 10.8 Å². The van der Waals surface area contributed by atoms with E-state index in [2.05, 4.69) is 15.6 Å². The largest absolute Gasteiger partial charge is 0.383 e. The Balaban J connectivity index is 2.37. The van der Waals surface area contributed by atoms with Gasteiger partial charge in [0.05, 0.1) is 12.2 Å². The Morgan fingerprint density at radius 1 is 1.35 bits per heavy atom. The molecule has 1 atom stereocenters. The summed E-state index contributed by atoms with van der Waals surface area (Å²) in [5.74, 6) is 0.628. The van der Waals surface area contributed by atoms with Crippen molar-refractivity contribution in [2.45, 2.75) is 13.0 Å². The molecule has 0 fully saturated rings. The predicted molar refractivity (Wildman–Crippen MR) is 80.1 cm³/mol. The molecule has 1 aromatic carbocycles. The number of hydrogen-bond donors (Lipinski definition) is 2. The van der Waals surface area contributed by atoms with Crippen LogP contribution in [-0.4, -0.2) is 37.7 Å². The quantitative estimate of drug-likeness (QED) is 0.875. The zero-order chi connectivity index (χ0) is 14.5. The lowest BCUT2D eigenvalue weighted by Crippen LogP contribution is -2.35. The number of pyridine rings is 1. The summed E-state index contributed by atoms with van der Waals surface area (Å²) in [5, 5.41) is 7.75. The summed E-state index contributed by atoms with van der Waals surface area (Å²) >= 11 is 0. The predicted octanol–water partition coefficient (Wildman–Crippen LogP) is 2.04. The van der Waals surface area contributed by atoms with Crippen LogP contribution in [-0.2, 0) is 4.74 Å². The summed E-state index contributed by atoms with van der Waals surface area (Å²) in [7, 11) is 3.43. The van der Waals surface area contributed by atoms with Crippen molar-refractivity contribution >= 4 is 22.5 Å². The molecular formula is C15H19N3O2. The van der Waals surface area contributed by atoms with E-state index in [-0.39, 0.29) is 11.9 Å². The van der Waals surface area contributed by atoms with Crippen LogP contribution in [0.1, 0.15) is 17.3 Å². The third kappa shape index (κ3) is 2.88. The first kappa shape index (κ1) is 14.3. The lowest BCUT2D eigenvalue weighted by molar-refractivity contribution is 0.0907. The van der Waals surface area contributed by atoms with E-state index in [1.165, 1.54) is 0 Å². The van der Waals surface area contributed by atoms with Crippen molar-refractivity contribution in [3.05, 3.63) is 36.0 Å². The smallest absolute Gasteiger partial charge is 0.253 e. The van der Waals surface area contributed by atoms with Gasteiger partial charge in [-0.2, -0.15) is 0 Å². The summed E-state index contributed by atoms with van der Waals surface area (Å²) in [4.78, 5) is 16.6. The molecule has 1 heterocycles. The number of nitrogens with zero attached hydrogens (tertiary/aromatic N) is 1. The topological polar surface area (TPSA) is 63.2 Å². The van der Waals surface area contributed by atoms with Gasteiger partial charge in [-0.05, 0) is 12.3 Å². The number of nitrogens with one attached hydrogen (secondary N) is 2. The zero-order valence-electron chi connectivity index (χ0n) is 11.9. The molecule has 0 spiro atoms. The fraction of sp³-hybridized carbons (Fsp3) is 0.333. The minimum absolute atomic E-state index is 0.0461. The van der Waals surface area contributed by atoms with Crippen molar-refractivity contribution in [1.29, 1.82) is 0 Å². The standard InChI is InChI=1S/C15H19N3O2/c1-10(9-20-3)18-15(19)13-8-17-14(16-2)12-7-5-4-6-11(12)13/h4-8,10H,9H2,1-3H3,(H,16,17)(H,18,19). The van der Waals surface area contributed by atoms with Crippen molar-refractivity contribution < 1.29 is 9.53 Å². The third-order valence-electron chi connectivity index (χ3n) is 3.07. The monoisotopic (exact) mass is 273 g/mol. The summed E-state index contributed by atoms with van der Waals surface area (Å²) in [6.45, 7) is 2.38. The van der Waals surface area contributed by atoms with Gasteiger partial charge in [-0.15, -0.1) is 0 Å². The molecule has 2 aromatic rings. The van der Waals surface area contributed by atoms with Crippen LogP contribution in [0.5, 0.6) is 0 Å². The molecule has 2 rings (SSSR count). The Hall–Kier alpha value is -2.14. The normalized spacial score (nSPS) is 12.2. The van der Waals surface area contributed by atoms with Gasteiger partial charge >= 0.3 is 0 Å². The van der Waals surface area contributed by atoms with Crippen LogP contribution < -0.4 is 10.6 Å². The number of carbonyl (C=O) groups is 1. The number of benzene rings is 1. The highest BCUT2D eigenvalue weighted by molar-refractivity contribution is 6.09. The number of aromatic nitrogens is 1. The molecule has 1 aromatic heterocycles. The van der Waals surface area contributed by atoms with E-state index in [1.807, 2.05) is 38.2 Å². The lowest BCUT2D eigenvalue weighted by atomic mass is 10.1. The maximum Gasteiger partial charge on any atom is 0.253 e. The molecule has 0 aliphatic carbocycles. The Bertz CT molecular complexity index is 613. The number of anilines is 1. The van der Waals surface area contributed by atoms with E-state index < -0.39 is 0 Å². The van der Waals surface area contributed by atoms with Gasteiger partial charge in [0.25, 0.3) is 5.91 Å². The van der Waals surface area contributed by atoms with Crippen molar-refractivity contribution in [3.8, 4) is 0 Å². The Labute approximate surface area is 118 Å². The molecule has 5 heteroatoms. The minimum atomic E-state index is -0.138. The van der Waals surface area contributed by atoms with Gasteiger partial charge < -0.3 is 15.4 Å². The number of amides is 1. The van der Waals surface area contributed by atoms with Gasteiger partial charge in [-0.25, -0.2) is 4.98 Å². The molecule has 0 bridgehead atoms. The number of ether oxygens (including phenoxy) is 1. The van der Waals surface area contributed by atoms with Crippen LogP contribution in [0.3, 0.4) is 0 Å². The number of hydrogen-bond acceptors (Lipinski definition) is 4. The van der Waals surface area contributed by atoms with Gasteiger partial charge in [0.2, 0.25) is 0 Å².